The van der Waals surface area contributed by atoms with Crippen molar-refractivity contribution >= 4 is 22.8 Å². The number of anilines is 1. The number of nitrogens with two attached hydrogens (primary N) is 1. The van der Waals surface area contributed by atoms with Gasteiger partial charge in [-0.15, -0.1) is 0 Å². The van der Waals surface area contributed by atoms with Crippen molar-refractivity contribution in [2.45, 2.75) is 26.3 Å². The molecule has 2 heterocycles. The molecule has 2 N–H and O–H groups in total. The number of amides is 1. The number of likely N-dealkylation sites (N-methyl/N-ethyl adjacent to an activating group) is 1. The molecule has 1 atom stereocenters. The smallest absolute Gasteiger partial charge is 0.241 e. The third-order valence-corrected chi connectivity index (χ3v) is 5.58. The second-order valence-electron chi connectivity index (χ2n) is 8.49. The van der Waals surface area contributed by atoms with Gasteiger partial charge in [-0.05, 0) is 50.8 Å². The number of fused-ring (bicyclic) bond motifs is 1. The van der Waals surface area contributed by atoms with Gasteiger partial charge >= 0.3 is 0 Å². The van der Waals surface area contributed by atoms with Crippen LogP contribution in [0.2, 0.25) is 0 Å². The standard InChI is InChI=1S/C26H30N6O2/c1-5-23(33)32(18(2)15-30(3)4)31-16-22(24-25(27)28-17-29-26(24)31)19-11-13-21(14-12-19)34-20-9-7-6-8-10-20/h6-14,16-18H,5,15H2,1-4H3,(H2,27,28,29). The van der Waals surface area contributed by atoms with Crippen molar-refractivity contribution in [2.75, 3.05) is 31.4 Å². The number of hydrogen-bond donors (Lipinski definition) is 1. The second-order valence-corrected chi connectivity index (χ2v) is 8.49. The van der Waals surface area contributed by atoms with Gasteiger partial charge in [0.1, 0.15) is 23.6 Å². The topological polar surface area (TPSA) is 89.5 Å². The van der Waals surface area contributed by atoms with Gasteiger partial charge in [-0.3, -0.25) is 4.79 Å². The van der Waals surface area contributed by atoms with Crippen LogP contribution in [0.5, 0.6) is 11.5 Å². The molecular weight excluding hydrogens is 428 g/mol. The number of rotatable bonds is 8. The van der Waals surface area contributed by atoms with Gasteiger partial charge in [0.2, 0.25) is 5.91 Å². The van der Waals surface area contributed by atoms with Crippen LogP contribution in [0.15, 0.2) is 67.1 Å². The number of nitrogen functional groups attached to an aromatic ring is 1. The number of nitrogens with zero attached hydrogens (tertiary/aromatic N) is 5. The predicted molar refractivity (Wildman–Crippen MR) is 135 cm³/mol. The molecule has 8 heteroatoms. The van der Waals surface area contributed by atoms with Crippen LogP contribution < -0.4 is 15.5 Å². The fourth-order valence-corrected chi connectivity index (χ4v) is 4.13. The maximum Gasteiger partial charge on any atom is 0.241 e. The van der Waals surface area contributed by atoms with Crippen LogP contribution in [0.1, 0.15) is 20.3 Å². The van der Waals surface area contributed by atoms with E-state index in [4.69, 9.17) is 10.5 Å². The molecular formula is C26H30N6O2. The monoisotopic (exact) mass is 458 g/mol. The minimum atomic E-state index is -0.0799. The van der Waals surface area contributed by atoms with Crippen molar-refractivity contribution in [1.82, 2.24) is 19.5 Å². The summed E-state index contributed by atoms with van der Waals surface area (Å²) in [5.74, 6) is 1.87. The lowest BCUT2D eigenvalue weighted by Gasteiger charge is -2.31. The molecule has 1 amide bonds. The van der Waals surface area contributed by atoms with E-state index in [2.05, 4.69) is 14.9 Å². The van der Waals surface area contributed by atoms with Gasteiger partial charge in [0.25, 0.3) is 0 Å². The van der Waals surface area contributed by atoms with Gasteiger partial charge in [0.05, 0.1) is 11.4 Å². The Morgan fingerprint density at radius 3 is 2.38 bits per heavy atom. The van der Waals surface area contributed by atoms with Crippen molar-refractivity contribution in [1.29, 1.82) is 0 Å². The summed E-state index contributed by atoms with van der Waals surface area (Å²) >= 11 is 0. The van der Waals surface area contributed by atoms with E-state index in [1.165, 1.54) is 6.33 Å². The first-order valence-corrected chi connectivity index (χ1v) is 11.3. The molecule has 0 radical (unpaired) electrons. The SMILES string of the molecule is CCC(=O)N(C(C)CN(C)C)n1cc(-c2ccc(Oc3ccccc3)cc2)c2c(N)ncnc21. The summed E-state index contributed by atoms with van der Waals surface area (Å²) in [7, 11) is 3.98. The Balaban J connectivity index is 1.77. The number of aromatic nitrogens is 3. The van der Waals surface area contributed by atoms with Crippen molar-refractivity contribution in [3.05, 3.63) is 67.1 Å². The molecule has 0 fully saturated rings. The molecule has 1 unspecified atom stereocenters. The molecule has 8 nitrogen and oxygen atoms in total. The van der Waals surface area contributed by atoms with Gasteiger partial charge in [-0.25, -0.2) is 19.7 Å². The highest BCUT2D eigenvalue weighted by Gasteiger charge is 2.26. The van der Waals surface area contributed by atoms with Crippen molar-refractivity contribution in [2.24, 2.45) is 0 Å². The Kier molecular flexibility index (Phi) is 6.79. The van der Waals surface area contributed by atoms with Gasteiger partial charge in [0, 0.05) is 24.7 Å². The zero-order valence-corrected chi connectivity index (χ0v) is 20.0. The molecule has 176 valence electrons. The average molecular weight is 459 g/mol. The third-order valence-electron chi connectivity index (χ3n) is 5.58. The molecule has 0 bridgehead atoms. The van der Waals surface area contributed by atoms with Gasteiger partial charge in [-0.1, -0.05) is 37.3 Å². The Bertz CT molecular complexity index is 1270. The highest BCUT2D eigenvalue weighted by molar-refractivity contribution is 6.02. The molecule has 0 aliphatic rings. The highest BCUT2D eigenvalue weighted by Crippen LogP contribution is 2.34. The molecule has 0 aliphatic heterocycles. The fourth-order valence-electron chi connectivity index (χ4n) is 4.13. The van der Waals surface area contributed by atoms with E-state index in [0.717, 1.165) is 22.6 Å². The molecule has 0 saturated heterocycles. The molecule has 0 saturated carbocycles. The third kappa shape index (κ3) is 4.72. The summed E-state index contributed by atoms with van der Waals surface area (Å²) in [5.41, 5.74) is 8.68. The lowest BCUT2D eigenvalue weighted by molar-refractivity contribution is -0.120. The van der Waals surface area contributed by atoms with Crippen LogP contribution in [0, 0.1) is 0 Å². The summed E-state index contributed by atoms with van der Waals surface area (Å²) in [6, 6.07) is 17.3. The first-order chi connectivity index (χ1) is 16.4. The number of carbonyl (C=O) groups excluding carboxylic acids is 1. The Hall–Kier alpha value is -3.91. The molecule has 4 aromatic rings. The summed E-state index contributed by atoms with van der Waals surface area (Å²) in [6.07, 6.45) is 3.72. The average Bonchev–Trinajstić information content (AvgIpc) is 3.20. The number of hydrogen-bond acceptors (Lipinski definition) is 6. The Labute approximate surface area is 199 Å². The van der Waals surface area contributed by atoms with E-state index >= 15 is 0 Å². The molecule has 2 aromatic heterocycles. The summed E-state index contributed by atoms with van der Waals surface area (Å²) in [6.45, 7) is 4.59. The first-order valence-electron chi connectivity index (χ1n) is 11.3. The number of para-hydroxylation sites is 1. The van der Waals surface area contributed by atoms with Gasteiger partial charge in [-0.2, -0.15) is 0 Å². The van der Waals surface area contributed by atoms with Gasteiger partial charge < -0.3 is 15.4 Å². The second kappa shape index (κ2) is 9.93. The minimum Gasteiger partial charge on any atom is -0.457 e. The highest BCUT2D eigenvalue weighted by atomic mass is 16.5. The molecule has 0 spiro atoms. The fraction of sp³-hybridized carbons (Fsp3) is 0.269. The lowest BCUT2D eigenvalue weighted by Crippen LogP contribution is -2.50. The zero-order valence-electron chi connectivity index (χ0n) is 20.0. The molecule has 2 aromatic carbocycles. The number of benzene rings is 2. The van der Waals surface area contributed by atoms with E-state index in [1.54, 1.807) is 5.01 Å². The summed E-state index contributed by atoms with van der Waals surface area (Å²) in [4.78, 5) is 23.8. The quantitative estimate of drug-likeness (QED) is 0.424. The largest absolute Gasteiger partial charge is 0.457 e. The summed E-state index contributed by atoms with van der Waals surface area (Å²) in [5, 5.41) is 2.47. The number of carbonyl (C=O) groups is 1. The number of ether oxygens (including phenoxy) is 1. The van der Waals surface area contributed by atoms with E-state index < -0.39 is 0 Å². The van der Waals surface area contributed by atoms with Crippen molar-refractivity contribution in [3.8, 4) is 22.6 Å². The first kappa shape index (κ1) is 23.3. The van der Waals surface area contributed by atoms with E-state index in [-0.39, 0.29) is 11.9 Å². The van der Waals surface area contributed by atoms with Crippen LogP contribution in [0.25, 0.3) is 22.2 Å². The van der Waals surface area contributed by atoms with Crippen LogP contribution >= 0.6 is 0 Å². The zero-order chi connectivity index (χ0) is 24.2. The maximum absolute atomic E-state index is 13.0. The minimum absolute atomic E-state index is 0.00147. The van der Waals surface area contributed by atoms with Crippen LogP contribution in [-0.2, 0) is 4.79 Å². The van der Waals surface area contributed by atoms with E-state index in [1.807, 2.05) is 93.4 Å². The van der Waals surface area contributed by atoms with E-state index in [9.17, 15) is 4.79 Å². The van der Waals surface area contributed by atoms with Crippen LogP contribution in [-0.4, -0.2) is 52.1 Å². The normalized spacial score (nSPS) is 12.1. The van der Waals surface area contributed by atoms with Crippen LogP contribution in [0.3, 0.4) is 0 Å². The lowest BCUT2D eigenvalue weighted by atomic mass is 10.1. The van der Waals surface area contributed by atoms with E-state index in [0.29, 0.717) is 29.8 Å². The predicted octanol–water partition coefficient (Wildman–Crippen LogP) is 4.30. The molecule has 4 rings (SSSR count). The molecule has 0 aliphatic carbocycles. The Morgan fingerprint density at radius 2 is 1.74 bits per heavy atom. The Morgan fingerprint density at radius 1 is 1.06 bits per heavy atom. The maximum atomic E-state index is 13.0. The van der Waals surface area contributed by atoms with Gasteiger partial charge in [0.15, 0.2) is 5.65 Å². The van der Waals surface area contributed by atoms with Crippen molar-refractivity contribution < 1.29 is 9.53 Å². The van der Waals surface area contributed by atoms with Crippen molar-refractivity contribution in [3.63, 3.8) is 0 Å². The van der Waals surface area contributed by atoms with Crippen LogP contribution in [0.4, 0.5) is 5.82 Å². The summed E-state index contributed by atoms with van der Waals surface area (Å²) < 4.78 is 7.74. The molecule has 34 heavy (non-hydrogen) atoms.